The molecule has 8 heteroatoms. The highest BCUT2D eigenvalue weighted by atomic mass is 32.2. The molecule has 1 aliphatic heterocycles. The van der Waals surface area contributed by atoms with Gasteiger partial charge in [-0.25, -0.2) is 16.8 Å². The molecule has 1 fully saturated rings. The quantitative estimate of drug-likeness (QED) is 0.732. The summed E-state index contributed by atoms with van der Waals surface area (Å²) in [6.07, 6.45) is 2.80. The lowest BCUT2D eigenvalue weighted by atomic mass is 9.93. The number of piperidine rings is 1. The van der Waals surface area contributed by atoms with Crippen LogP contribution in [0.4, 0.5) is 0 Å². The van der Waals surface area contributed by atoms with Gasteiger partial charge in [-0.2, -0.15) is 4.31 Å². The highest BCUT2D eigenvalue weighted by molar-refractivity contribution is 7.93. The van der Waals surface area contributed by atoms with E-state index < -0.39 is 19.9 Å². The molecule has 6 nitrogen and oxygen atoms in total. The SMILES string of the molecule is C[C@H]1CCCN(S(=O)(=O)CCS(C)(=O)=O)[C@@H]1CN. The molecule has 0 amide bonds. The lowest BCUT2D eigenvalue weighted by molar-refractivity contribution is 0.193. The molecule has 1 aliphatic rings. The number of sulfonamides is 1. The molecule has 0 aromatic heterocycles. The summed E-state index contributed by atoms with van der Waals surface area (Å²) in [5, 5.41) is 0. The normalized spacial score (nSPS) is 27.3. The van der Waals surface area contributed by atoms with Crippen LogP contribution >= 0.6 is 0 Å². The molecule has 1 rings (SSSR count). The Kier molecular flexibility index (Phi) is 5.16. The molecule has 108 valence electrons. The van der Waals surface area contributed by atoms with E-state index >= 15 is 0 Å². The zero-order valence-corrected chi connectivity index (χ0v) is 12.5. The van der Waals surface area contributed by atoms with Crippen LogP contribution in [0.2, 0.25) is 0 Å². The molecule has 1 heterocycles. The number of nitrogens with zero attached hydrogens (tertiary/aromatic N) is 1. The van der Waals surface area contributed by atoms with E-state index in [9.17, 15) is 16.8 Å². The van der Waals surface area contributed by atoms with Gasteiger partial charge in [0.1, 0.15) is 9.84 Å². The standard InChI is InChI=1S/C10H22N2O4S2/c1-9-4-3-5-12(10(9)8-11)18(15,16)7-6-17(2,13)14/h9-10H,3-8,11H2,1-2H3/t9-,10+/m0/s1. The van der Waals surface area contributed by atoms with Crippen molar-refractivity contribution < 1.29 is 16.8 Å². The van der Waals surface area contributed by atoms with Gasteiger partial charge in [0, 0.05) is 25.4 Å². The Balaban J connectivity index is 2.82. The lowest BCUT2D eigenvalue weighted by Gasteiger charge is -2.38. The van der Waals surface area contributed by atoms with Crippen LogP contribution in [0.3, 0.4) is 0 Å². The molecule has 18 heavy (non-hydrogen) atoms. The van der Waals surface area contributed by atoms with Gasteiger partial charge in [0.2, 0.25) is 10.0 Å². The first-order chi connectivity index (χ1) is 8.17. The first kappa shape index (κ1) is 15.9. The van der Waals surface area contributed by atoms with Gasteiger partial charge >= 0.3 is 0 Å². The van der Waals surface area contributed by atoms with Gasteiger partial charge in [-0.1, -0.05) is 6.92 Å². The van der Waals surface area contributed by atoms with Crippen LogP contribution in [-0.2, 0) is 19.9 Å². The molecule has 2 N–H and O–H groups in total. The van der Waals surface area contributed by atoms with Crippen LogP contribution in [-0.4, -0.2) is 58.0 Å². The summed E-state index contributed by atoms with van der Waals surface area (Å²) in [5.41, 5.74) is 5.64. The second-order valence-electron chi connectivity index (χ2n) is 4.98. The first-order valence-corrected chi connectivity index (χ1v) is 9.71. The van der Waals surface area contributed by atoms with Gasteiger partial charge in [0.25, 0.3) is 0 Å². The molecule has 0 spiro atoms. The molecular weight excluding hydrogens is 276 g/mol. The second kappa shape index (κ2) is 5.85. The van der Waals surface area contributed by atoms with Crippen molar-refractivity contribution in [3.63, 3.8) is 0 Å². The molecule has 0 aromatic rings. The maximum atomic E-state index is 12.2. The van der Waals surface area contributed by atoms with Gasteiger partial charge < -0.3 is 5.73 Å². The molecule has 0 radical (unpaired) electrons. The molecule has 0 bridgehead atoms. The van der Waals surface area contributed by atoms with Gasteiger partial charge in [0.05, 0.1) is 11.5 Å². The van der Waals surface area contributed by atoms with E-state index in [1.165, 1.54) is 4.31 Å². The second-order valence-corrected chi connectivity index (χ2v) is 9.28. The average Bonchev–Trinajstić information content (AvgIpc) is 2.25. The van der Waals surface area contributed by atoms with E-state index in [-0.39, 0.29) is 30.0 Å². The minimum Gasteiger partial charge on any atom is -0.329 e. The van der Waals surface area contributed by atoms with Crippen LogP contribution in [0, 0.1) is 5.92 Å². The van der Waals surface area contributed by atoms with Crippen LogP contribution < -0.4 is 5.73 Å². The van der Waals surface area contributed by atoms with E-state index in [1.54, 1.807) is 0 Å². The third kappa shape index (κ3) is 4.18. The Morgan fingerprint density at radius 3 is 2.33 bits per heavy atom. The lowest BCUT2D eigenvalue weighted by Crippen LogP contribution is -2.52. The van der Waals surface area contributed by atoms with E-state index in [4.69, 9.17) is 5.73 Å². The van der Waals surface area contributed by atoms with Crippen LogP contribution in [0.25, 0.3) is 0 Å². The van der Waals surface area contributed by atoms with Gasteiger partial charge in [0.15, 0.2) is 0 Å². The van der Waals surface area contributed by atoms with Crippen molar-refractivity contribution >= 4 is 19.9 Å². The minimum absolute atomic E-state index is 0.205. The smallest absolute Gasteiger partial charge is 0.215 e. The molecule has 0 aliphatic carbocycles. The van der Waals surface area contributed by atoms with Crippen molar-refractivity contribution in [1.29, 1.82) is 0 Å². The number of hydrogen-bond acceptors (Lipinski definition) is 5. The number of sulfone groups is 1. The molecule has 0 unspecified atom stereocenters. The summed E-state index contributed by atoms with van der Waals surface area (Å²) < 4.78 is 47.8. The summed E-state index contributed by atoms with van der Waals surface area (Å²) in [5.74, 6) is -0.469. The van der Waals surface area contributed by atoms with Crippen molar-refractivity contribution in [3.8, 4) is 0 Å². The van der Waals surface area contributed by atoms with Gasteiger partial charge in [-0.3, -0.25) is 0 Å². The van der Waals surface area contributed by atoms with E-state index in [0.29, 0.717) is 6.54 Å². The fourth-order valence-corrected chi connectivity index (χ4v) is 5.68. The molecule has 2 atom stereocenters. The zero-order valence-electron chi connectivity index (χ0n) is 10.9. The van der Waals surface area contributed by atoms with E-state index in [0.717, 1.165) is 19.1 Å². The molecule has 0 saturated carbocycles. The summed E-state index contributed by atoms with van der Waals surface area (Å²) in [6, 6.07) is -0.205. The predicted molar refractivity (Wildman–Crippen MR) is 71.4 cm³/mol. The predicted octanol–water partition coefficient (Wildman–Crippen LogP) is -0.580. The number of nitrogens with two attached hydrogens (primary N) is 1. The number of hydrogen-bond donors (Lipinski definition) is 1. The summed E-state index contributed by atoms with van der Waals surface area (Å²) in [6.45, 7) is 2.70. The molecular formula is C10H22N2O4S2. The van der Waals surface area contributed by atoms with Gasteiger partial charge in [-0.15, -0.1) is 0 Å². The fourth-order valence-electron chi connectivity index (χ4n) is 2.28. The minimum atomic E-state index is -3.54. The third-order valence-electron chi connectivity index (χ3n) is 3.38. The van der Waals surface area contributed by atoms with Crippen molar-refractivity contribution in [1.82, 2.24) is 4.31 Å². The monoisotopic (exact) mass is 298 g/mol. The zero-order chi connectivity index (χ0) is 14.0. The number of rotatable bonds is 5. The Bertz CT molecular complexity index is 472. The third-order valence-corrected chi connectivity index (χ3v) is 6.47. The van der Waals surface area contributed by atoms with Crippen LogP contribution in [0.1, 0.15) is 19.8 Å². The van der Waals surface area contributed by atoms with Crippen molar-refractivity contribution in [2.24, 2.45) is 11.7 Å². The Hall–Kier alpha value is -0.180. The molecule has 1 saturated heterocycles. The summed E-state index contributed by atoms with van der Waals surface area (Å²) in [4.78, 5) is 0. The molecule has 0 aromatic carbocycles. The van der Waals surface area contributed by atoms with Crippen molar-refractivity contribution in [2.75, 3.05) is 30.9 Å². The largest absolute Gasteiger partial charge is 0.329 e. The van der Waals surface area contributed by atoms with E-state index in [2.05, 4.69) is 0 Å². The summed E-state index contributed by atoms with van der Waals surface area (Å²) >= 11 is 0. The van der Waals surface area contributed by atoms with Crippen LogP contribution in [0.15, 0.2) is 0 Å². The Morgan fingerprint density at radius 1 is 1.22 bits per heavy atom. The highest BCUT2D eigenvalue weighted by Crippen LogP contribution is 2.25. The maximum Gasteiger partial charge on any atom is 0.215 e. The van der Waals surface area contributed by atoms with Crippen molar-refractivity contribution in [3.05, 3.63) is 0 Å². The average molecular weight is 298 g/mol. The highest BCUT2D eigenvalue weighted by Gasteiger charge is 2.35. The fraction of sp³-hybridized carbons (Fsp3) is 1.00. The van der Waals surface area contributed by atoms with Gasteiger partial charge in [-0.05, 0) is 18.8 Å². The topological polar surface area (TPSA) is 97.5 Å². The van der Waals surface area contributed by atoms with Crippen LogP contribution in [0.5, 0.6) is 0 Å². The maximum absolute atomic E-state index is 12.2. The van der Waals surface area contributed by atoms with E-state index in [1.807, 2.05) is 6.92 Å². The first-order valence-electron chi connectivity index (χ1n) is 6.04. The Morgan fingerprint density at radius 2 is 1.83 bits per heavy atom. The Labute approximate surface area is 110 Å². The summed E-state index contributed by atoms with van der Waals surface area (Å²) in [7, 11) is -6.81. The van der Waals surface area contributed by atoms with Crippen molar-refractivity contribution in [2.45, 2.75) is 25.8 Å².